The molecular formula is C78H106N12O18S2. The predicted molar refractivity (Wildman–Crippen MR) is 413 cm³/mol. The molecule has 8 bridgehead atoms. The Kier molecular flexibility index (Phi) is 33.0. The van der Waals surface area contributed by atoms with E-state index in [-0.39, 0.29) is 73.9 Å². The van der Waals surface area contributed by atoms with Crippen molar-refractivity contribution in [2.75, 3.05) is 105 Å². The van der Waals surface area contributed by atoms with Gasteiger partial charge in [0.05, 0.1) is 70.6 Å². The molecule has 8 rings (SSSR count). The summed E-state index contributed by atoms with van der Waals surface area (Å²) in [6.07, 6.45) is 2.03. The average molecular weight is 1560 g/mol. The van der Waals surface area contributed by atoms with E-state index in [1.54, 1.807) is 138 Å². The molecule has 0 aliphatic carbocycles. The molecule has 4 aromatic carbocycles. The quantitative estimate of drug-likeness (QED) is 0.0507. The summed E-state index contributed by atoms with van der Waals surface area (Å²) in [6, 6.07) is 23.2. The van der Waals surface area contributed by atoms with E-state index in [1.165, 1.54) is 43.1 Å². The zero-order chi connectivity index (χ0) is 80.6. The third-order valence-corrected chi connectivity index (χ3v) is 19.8. The molecule has 30 nitrogen and oxygen atoms in total. The standard InChI is InChI=1S/C39H54N6O9S.C39H52N6O9S/c2*1-39(2,3)34-38(52)45-22-27(54-17-11-16-53-26-15-10-12-24(18-26)19-30(46)43-34)20-29(45)35(49)41-28(23-55-6)33(48)36(50)40-21-31(47)42-32(37(51)44(4)5)25-13-8-7-9-14-25/h7-10,12-15,18,27-29,32-34,48H,11,16-17,19-23H2,1-6H3,(H,40,50)(H,41,49)(H,42,47)(H,43,46);7-10,12-15,18,27-29,32,34H,11,16-17,19-23H2,1-6H3,(H,40,50)(H,41,49)(H,42,47)(H,43,46)/t27-,28?,29+,32+,33?,34-;27-,28?,29+,32+,34-/m11/s1. The van der Waals surface area contributed by atoms with Crippen molar-refractivity contribution in [1.29, 1.82) is 0 Å². The van der Waals surface area contributed by atoms with Crippen LogP contribution in [0.15, 0.2) is 109 Å². The third-order valence-electron chi connectivity index (χ3n) is 18.5. The van der Waals surface area contributed by atoms with Gasteiger partial charge in [-0.3, -0.25) is 62.3 Å². The van der Waals surface area contributed by atoms with Crippen molar-refractivity contribution in [2.45, 2.75) is 147 Å². The first kappa shape index (κ1) is 87.6. The van der Waals surface area contributed by atoms with Gasteiger partial charge in [-0.05, 0) is 69.9 Å². The van der Waals surface area contributed by atoms with E-state index in [4.69, 9.17) is 18.9 Å². The molecule has 11 atom stereocenters. The number of nitrogens with one attached hydrogen (secondary N) is 8. The largest absolute Gasteiger partial charge is 0.493 e. The highest BCUT2D eigenvalue weighted by Crippen LogP contribution is 2.31. The molecule has 12 amide bonds. The Labute approximate surface area is 650 Å². The Balaban J connectivity index is 0.000000306. The molecule has 0 radical (unpaired) electrons. The van der Waals surface area contributed by atoms with Gasteiger partial charge in [0.1, 0.15) is 53.8 Å². The van der Waals surface area contributed by atoms with Crippen molar-refractivity contribution in [1.82, 2.24) is 62.1 Å². The van der Waals surface area contributed by atoms with Gasteiger partial charge >= 0.3 is 0 Å². The van der Waals surface area contributed by atoms with E-state index >= 15 is 0 Å². The van der Waals surface area contributed by atoms with Gasteiger partial charge < -0.3 is 86.2 Å². The Hall–Kier alpha value is -9.63. The van der Waals surface area contributed by atoms with Crippen molar-refractivity contribution in [2.24, 2.45) is 10.8 Å². The number of ether oxygens (including phenoxy) is 4. The van der Waals surface area contributed by atoms with Crippen LogP contribution >= 0.6 is 23.5 Å². The minimum Gasteiger partial charge on any atom is -0.493 e. The lowest BCUT2D eigenvalue weighted by molar-refractivity contribution is -0.145. The summed E-state index contributed by atoms with van der Waals surface area (Å²) >= 11 is 2.49. The number of benzene rings is 4. The number of aliphatic hydroxyl groups excluding tert-OH is 1. The molecule has 0 spiro atoms. The lowest BCUT2D eigenvalue weighted by atomic mass is 9.85. The molecule has 110 heavy (non-hydrogen) atoms. The van der Waals surface area contributed by atoms with E-state index in [1.807, 2.05) is 53.7 Å². The lowest BCUT2D eigenvalue weighted by Crippen LogP contribution is -2.60. The van der Waals surface area contributed by atoms with Crippen LogP contribution in [-0.2, 0) is 84.6 Å². The molecule has 0 aromatic heterocycles. The fraction of sp³-hybridized carbons (Fsp3) is 0.526. The maximum absolute atomic E-state index is 14.3. The number of carbonyl (C=O) groups excluding carboxylic acids is 13. The van der Waals surface area contributed by atoms with Crippen LogP contribution in [0.5, 0.6) is 11.5 Å². The van der Waals surface area contributed by atoms with E-state index in [0.717, 1.165) is 5.56 Å². The van der Waals surface area contributed by atoms with Crippen LogP contribution in [0, 0.1) is 10.8 Å². The molecular weight excluding hydrogens is 1460 g/mol. The number of aliphatic hydroxyl groups is 1. The van der Waals surface area contributed by atoms with Crippen molar-refractivity contribution in [3.8, 4) is 11.5 Å². The van der Waals surface area contributed by atoms with Gasteiger partial charge in [0.15, 0.2) is 6.10 Å². The summed E-state index contributed by atoms with van der Waals surface area (Å²) in [5.41, 5.74) is 1.05. The molecule has 598 valence electrons. The summed E-state index contributed by atoms with van der Waals surface area (Å²) in [5.74, 6) is -6.69. The Morgan fingerprint density at radius 2 is 0.964 bits per heavy atom. The zero-order valence-corrected chi connectivity index (χ0v) is 66.2. The molecule has 32 heteroatoms. The highest BCUT2D eigenvalue weighted by atomic mass is 32.2. The van der Waals surface area contributed by atoms with Crippen LogP contribution < -0.4 is 52.0 Å². The van der Waals surface area contributed by atoms with Gasteiger partial charge in [0, 0.05) is 78.5 Å². The van der Waals surface area contributed by atoms with Gasteiger partial charge in [-0.1, -0.05) is 126 Å². The van der Waals surface area contributed by atoms with Gasteiger partial charge in [-0.25, -0.2) is 0 Å². The summed E-state index contributed by atoms with van der Waals surface area (Å²) in [5, 5.41) is 32.3. The number of rotatable bonds is 22. The van der Waals surface area contributed by atoms with Crippen molar-refractivity contribution < 1.29 is 86.4 Å². The molecule has 0 saturated carbocycles. The second-order valence-corrected chi connectivity index (χ2v) is 31.7. The number of hydrogen-bond acceptors (Lipinski definition) is 20. The molecule has 4 heterocycles. The number of thioether (sulfide) groups is 2. The number of ketones is 1. The van der Waals surface area contributed by atoms with Gasteiger partial charge in [-0.2, -0.15) is 23.5 Å². The Bertz CT molecular complexity index is 3880. The number of hydrogen-bond donors (Lipinski definition) is 9. The number of nitrogens with zero attached hydrogens (tertiary/aromatic N) is 4. The molecule has 2 saturated heterocycles. The molecule has 4 aliphatic heterocycles. The van der Waals surface area contributed by atoms with Gasteiger partial charge in [0.2, 0.25) is 64.9 Å². The molecule has 2 fully saturated rings. The minimum atomic E-state index is -1.76. The van der Waals surface area contributed by atoms with Crippen LogP contribution in [0.1, 0.15) is 102 Å². The number of likely N-dealkylation sites (N-methyl/N-ethyl adjacent to an activating group) is 2. The van der Waals surface area contributed by atoms with Gasteiger partial charge in [-0.15, -0.1) is 0 Å². The first-order valence-corrected chi connectivity index (χ1v) is 39.3. The number of carbonyl (C=O) groups is 13. The summed E-state index contributed by atoms with van der Waals surface area (Å²) in [6.45, 7) is 11.3. The van der Waals surface area contributed by atoms with Crippen molar-refractivity contribution in [3.63, 3.8) is 0 Å². The van der Waals surface area contributed by atoms with E-state index in [9.17, 15) is 67.4 Å². The summed E-state index contributed by atoms with van der Waals surface area (Å²) in [4.78, 5) is 180. The topological polar surface area (TPSA) is 388 Å². The highest BCUT2D eigenvalue weighted by Gasteiger charge is 2.48. The lowest BCUT2D eigenvalue weighted by Gasteiger charge is -2.36. The monoisotopic (exact) mass is 1560 g/mol. The second-order valence-electron chi connectivity index (χ2n) is 29.8. The first-order chi connectivity index (χ1) is 52.2. The number of Topliss-reactive ketones (excluding diaryl/α,β-unsaturated/α-hetero) is 1. The van der Waals surface area contributed by atoms with Crippen molar-refractivity contribution >= 4 is 100 Å². The SMILES string of the molecule is CSCC(NC(=O)[C@@H]1C[C@@H]2CN1C(=O)[C@H](C(C)(C)C)NC(=O)Cc1cccc(c1)OCCCO2)C(=O)C(=O)NCC(=O)N[C@H](C(=O)N(C)C)c1ccccc1.CSCC(NC(=O)[C@@H]1C[C@@H]2CN1C(=O)[C@H](C(C)(C)C)NC(=O)Cc1cccc(c1)OCCCO2)C(O)C(=O)NCC(=O)N[C@H](C(=O)N(C)C)c1ccccc1. The zero-order valence-electron chi connectivity index (χ0n) is 64.5. The smallest absolute Gasteiger partial charge is 0.290 e. The highest BCUT2D eigenvalue weighted by molar-refractivity contribution is 7.98. The minimum absolute atomic E-state index is 0.0106. The molecule has 3 unspecified atom stereocenters. The van der Waals surface area contributed by atoms with E-state index in [0.29, 0.717) is 67.5 Å². The normalized spacial score (nSPS) is 20.6. The summed E-state index contributed by atoms with van der Waals surface area (Å²) < 4.78 is 23.9. The Morgan fingerprint density at radius 3 is 1.37 bits per heavy atom. The van der Waals surface area contributed by atoms with Crippen LogP contribution in [0.3, 0.4) is 0 Å². The number of amides is 12. The van der Waals surface area contributed by atoms with Crippen LogP contribution in [0.4, 0.5) is 0 Å². The maximum Gasteiger partial charge on any atom is 0.290 e. The molecule has 9 N–H and O–H groups in total. The first-order valence-electron chi connectivity index (χ1n) is 36.5. The fourth-order valence-electron chi connectivity index (χ4n) is 12.7. The fourth-order valence-corrected chi connectivity index (χ4v) is 13.9. The maximum atomic E-state index is 14.3. The van der Waals surface area contributed by atoms with Crippen molar-refractivity contribution in [3.05, 3.63) is 131 Å². The van der Waals surface area contributed by atoms with E-state index in [2.05, 4.69) is 42.5 Å². The predicted octanol–water partition coefficient (Wildman–Crippen LogP) is 1.81. The third kappa shape index (κ3) is 25.7. The van der Waals surface area contributed by atoms with E-state index < -0.39 is 144 Å². The Morgan fingerprint density at radius 1 is 0.545 bits per heavy atom. The van der Waals surface area contributed by atoms with Crippen LogP contribution in [0.25, 0.3) is 0 Å². The van der Waals surface area contributed by atoms with Gasteiger partial charge in [0.25, 0.3) is 11.8 Å². The molecule has 4 aromatic rings. The molecule has 4 aliphatic rings. The van der Waals surface area contributed by atoms with Crippen LogP contribution in [0.2, 0.25) is 0 Å². The summed E-state index contributed by atoms with van der Waals surface area (Å²) in [7, 11) is 6.23. The second kappa shape index (κ2) is 41.4. The number of fused-ring (bicyclic) bond motifs is 8. The van der Waals surface area contributed by atoms with Crippen LogP contribution in [-0.4, -0.2) is 261 Å². The average Bonchev–Trinajstić information content (AvgIpc) is 1.63.